The molecule has 1 aliphatic rings. The summed E-state index contributed by atoms with van der Waals surface area (Å²) in [5, 5.41) is 0.836. The molecule has 0 N–H and O–H groups in total. The summed E-state index contributed by atoms with van der Waals surface area (Å²) < 4.78 is 0.967. The van der Waals surface area contributed by atoms with Crippen molar-refractivity contribution in [2.45, 2.75) is 45.1 Å². The highest BCUT2D eigenvalue weighted by molar-refractivity contribution is 9.10. The standard InChI is InChI=1S/C16H21Br2NO/c1-12-7-8-13(18)11-15(12)16(20)19(10-9-17)14-5-3-2-4-6-14/h7-8,11,14H,2-6,9-10H2,1H3. The lowest BCUT2D eigenvalue weighted by Crippen LogP contribution is -2.42. The molecule has 20 heavy (non-hydrogen) atoms. The van der Waals surface area contributed by atoms with Gasteiger partial charge in [-0.05, 0) is 37.5 Å². The van der Waals surface area contributed by atoms with Gasteiger partial charge in [0.05, 0.1) is 0 Å². The Hall–Kier alpha value is -0.350. The van der Waals surface area contributed by atoms with Crippen molar-refractivity contribution in [1.29, 1.82) is 0 Å². The predicted molar refractivity (Wildman–Crippen MR) is 90.6 cm³/mol. The Bertz CT molecular complexity index is 470. The van der Waals surface area contributed by atoms with Crippen LogP contribution in [-0.4, -0.2) is 28.7 Å². The molecule has 0 heterocycles. The molecular formula is C16H21Br2NO. The van der Waals surface area contributed by atoms with Crippen LogP contribution in [0.5, 0.6) is 0 Å². The minimum Gasteiger partial charge on any atom is -0.335 e. The van der Waals surface area contributed by atoms with Crippen LogP contribution in [0, 0.1) is 6.92 Å². The zero-order valence-electron chi connectivity index (χ0n) is 11.9. The quantitative estimate of drug-likeness (QED) is 0.654. The second-order valence-corrected chi connectivity index (χ2v) is 7.15. The molecule has 1 amide bonds. The van der Waals surface area contributed by atoms with Gasteiger partial charge in [-0.2, -0.15) is 0 Å². The molecule has 4 heteroatoms. The van der Waals surface area contributed by atoms with Gasteiger partial charge < -0.3 is 4.90 Å². The molecule has 1 aromatic rings. The zero-order valence-corrected chi connectivity index (χ0v) is 15.0. The summed E-state index contributed by atoms with van der Waals surface area (Å²) >= 11 is 6.96. The second kappa shape index (κ2) is 7.60. The summed E-state index contributed by atoms with van der Waals surface area (Å²) in [6.07, 6.45) is 6.09. The summed E-state index contributed by atoms with van der Waals surface area (Å²) in [6.45, 7) is 2.79. The minimum absolute atomic E-state index is 0.176. The number of hydrogen-bond acceptors (Lipinski definition) is 1. The van der Waals surface area contributed by atoms with E-state index in [4.69, 9.17) is 0 Å². The monoisotopic (exact) mass is 401 g/mol. The first-order valence-electron chi connectivity index (χ1n) is 7.26. The molecule has 1 fully saturated rings. The van der Waals surface area contributed by atoms with Crippen LogP contribution in [0.4, 0.5) is 0 Å². The van der Waals surface area contributed by atoms with E-state index in [9.17, 15) is 4.79 Å². The summed E-state index contributed by atoms with van der Waals surface area (Å²) in [5.41, 5.74) is 1.87. The molecule has 1 aromatic carbocycles. The highest BCUT2D eigenvalue weighted by Crippen LogP contribution is 2.26. The topological polar surface area (TPSA) is 20.3 Å². The summed E-state index contributed by atoms with van der Waals surface area (Å²) in [6, 6.07) is 6.35. The zero-order chi connectivity index (χ0) is 14.5. The highest BCUT2D eigenvalue weighted by Gasteiger charge is 2.26. The number of hydrogen-bond donors (Lipinski definition) is 0. The van der Waals surface area contributed by atoms with Gasteiger partial charge in [-0.25, -0.2) is 0 Å². The average Bonchev–Trinajstić information content (AvgIpc) is 2.47. The number of carbonyl (C=O) groups excluding carboxylic acids is 1. The Kier molecular flexibility index (Phi) is 6.09. The normalized spacial score (nSPS) is 16.1. The maximum Gasteiger partial charge on any atom is 0.254 e. The minimum atomic E-state index is 0.176. The third kappa shape index (κ3) is 3.85. The van der Waals surface area contributed by atoms with Crippen LogP contribution in [0.3, 0.4) is 0 Å². The smallest absolute Gasteiger partial charge is 0.254 e. The summed E-state index contributed by atoms with van der Waals surface area (Å²) in [7, 11) is 0. The van der Waals surface area contributed by atoms with Crippen molar-refractivity contribution < 1.29 is 4.79 Å². The molecule has 0 aliphatic heterocycles. The number of benzene rings is 1. The number of amides is 1. The number of alkyl halides is 1. The third-order valence-electron chi connectivity index (χ3n) is 4.03. The molecule has 0 bridgehead atoms. The van der Waals surface area contributed by atoms with Crippen LogP contribution in [0.2, 0.25) is 0 Å². The predicted octanol–water partition coefficient (Wildman–Crippen LogP) is 4.93. The number of rotatable bonds is 4. The molecule has 1 saturated carbocycles. The van der Waals surface area contributed by atoms with Crippen molar-refractivity contribution in [2.75, 3.05) is 11.9 Å². The van der Waals surface area contributed by atoms with E-state index in [1.54, 1.807) is 0 Å². The van der Waals surface area contributed by atoms with Crippen LogP contribution in [0.1, 0.15) is 48.0 Å². The molecular weight excluding hydrogens is 382 g/mol. The van der Waals surface area contributed by atoms with Crippen molar-refractivity contribution in [3.8, 4) is 0 Å². The number of aryl methyl sites for hydroxylation is 1. The van der Waals surface area contributed by atoms with Crippen LogP contribution < -0.4 is 0 Å². The Balaban J connectivity index is 2.23. The van der Waals surface area contributed by atoms with E-state index in [0.29, 0.717) is 6.04 Å². The first-order chi connectivity index (χ1) is 9.63. The van der Waals surface area contributed by atoms with Crippen molar-refractivity contribution in [3.63, 3.8) is 0 Å². The number of halogens is 2. The van der Waals surface area contributed by atoms with E-state index in [1.807, 2.05) is 25.1 Å². The molecule has 0 saturated heterocycles. The summed E-state index contributed by atoms with van der Waals surface area (Å²) in [4.78, 5) is 15.0. The van der Waals surface area contributed by atoms with E-state index in [-0.39, 0.29) is 5.91 Å². The molecule has 110 valence electrons. The molecule has 2 rings (SSSR count). The Morgan fingerprint density at radius 1 is 1.30 bits per heavy atom. The van der Waals surface area contributed by atoms with Crippen molar-refractivity contribution >= 4 is 37.8 Å². The van der Waals surface area contributed by atoms with Crippen LogP contribution >= 0.6 is 31.9 Å². The van der Waals surface area contributed by atoms with Gasteiger partial charge in [-0.3, -0.25) is 4.79 Å². The van der Waals surface area contributed by atoms with Gasteiger partial charge in [0.25, 0.3) is 5.91 Å². The van der Waals surface area contributed by atoms with E-state index in [1.165, 1.54) is 19.3 Å². The molecule has 2 nitrogen and oxygen atoms in total. The molecule has 0 spiro atoms. The lowest BCUT2D eigenvalue weighted by Gasteiger charge is -2.34. The lowest BCUT2D eigenvalue weighted by molar-refractivity contribution is 0.0650. The third-order valence-corrected chi connectivity index (χ3v) is 4.88. The van der Waals surface area contributed by atoms with Crippen LogP contribution in [0.15, 0.2) is 22.7 Å². The second-order valence-electron chi connectivity index (χ2n) is 5.44. The van der Waals surface area contributed by atoms with Crippen LogP contribution in [-0.2, 0) is 0 Å². The SMILES string of the molecule is Cc1ccc(Br)cc1C(=O)N(CCBr)C1CCCCC1. The van der Waals surface area contributed by atoms with E-state index < -0.39 is 0 Å². The van der Waals surface area contributed by atoms with Crippen LogP contribution in [0.25, 0.3) is 0 Å². The molecule has 1 aliphatic carbocycles. The molecule has 0 aromatic heterocycles. The Morgan fingerprint density at radius 2 is 2.00 bits per heavy atom. The molecule has 0 unspecified atom stereocenters. The van der Waals surface area contributed by atoms with Gasteiger partial charge in [-0.1, -0.05) is 57.2 Å². The fourth-order valence-electron chi connectivity index (χ4n) is 2.91. The number of nitrogens with zero attached hydrogens (tertiary/aromatic N) is 1. The first-order valence-corrected chi connectivity index (χ1v) is 9.18. The molecule has 0 radical (unpaired) electrons. The van der Waals surface area contributed by atoms with E-state index >= 15 is 0 Å². The van der Waals surface area contributed by atoms with Crippen molar-refractivity contribution in [3.05, 3.63) is 33.8 Å². The maximum absolute atomic E-state index is 12.9. The van der Waals surface area contributed by atoms with Gasteiger partial charge in [0.2, 0.25) is 0 Å². The number of carbonyl (C=O) groups is 1. The van der Waals surface area contributed by atoms with Gasteiger partial charge >= 0.3 is 0 Å². The summed E-state index contributed by atoms with van der Waals surface area (Å²) in [5.74, 6) is 0.176. The first kappa shape index (κ1) is 16.0. The Morgan fingerprint density at radius 3 is 2.65 bits per heavy atom. The van der Waals surface area contributed by atoms with Gasteiger partial charge in [0.1, 0.15) is 0 Å². The highest BCUT2D eigenvalue weighted by atomic mass is 79.9. The largest absolute Gasteiger partial charge is 0.335 e. The average molecular weight is 403 g/mol. The lowest BCUT2D eigenvalue weighted by atomic mass is 9.93. The van der Waals surface area contributed by atoms with Gasteiger partial charge in [-0.15, -0.1) is 0 Å². The fraction of sp³-hybridized carbons (Fsp3) is 0.562. The maximum atomic E-state index is 12.9. The van der Waals surface area contributed by atoms with E-state index in [2.05, 4.69) is 36.8 Å². The van der Waals surface area contributed by atoms with E-state index in [0.717, 1.165) is 40.3 Å². The van der Waals surface area contributed by atoms with Gasteiger partial charge in [0.15, 0.2) is 0 Å². The van der Waals surface area contributed by atoms with Gasteiger partial charge in [0, 0.05) is 28.0 Å². The Labute approximate surface area is 138 Å². The fourth-order valence-corrected chi connectivity index (χ4v) is 3.66. The van der Waals surface area contributed by atoms with Crippen molar-refractivity contribution in [2.24, 2.45) is 0 Å². The molecule has 0 atom stereocenters. The van der Waals surface area contributed by atoms with Crippen molar-refractivity contribution in [1.82, 2.24) is 4.90 Å².